The first-order chi connectivity index (χ1) is 12.4. The Hall–Kier alpha value is -1.47. The Labute approximate surface area is 160 Å². The van der Waals surface area contributed by atoms with Gasteiger partial charge in [-0.3, -0.25) is 9.35 Å². The number of hydrogen-bond acceptors (Lipinski definition) is 7. The normalized spacial score (nSPS) is 15.6. The van der Waals surface area contributed by atoms with Crippen LogP contribution in [0.4, 0.5) is 17.6 Å². The molecule has 0 aromatic rings. The Balaban J connectivity index is 5.44. The lowest BCUT2D eigenvalue weighted by atomic mass is 9.90. The molecule has 1 unspecified atom stereocenters. The van der Waals surface area contributed by atoms with Gasteiger partial charge in [0.15, 0.2) is 0 Å². The van der Waals surface area contributed by atoms with Crippen LogP contribution in [0.1, 0.15) is 47.5 Å². The molecule has 13 heteroatoms. The minimum Gasteiger partial charge on any atom is -0.461 e. The molecular weight excluding hydrogens is 416 g/mol. The van der Waals surface area contributed by atoms with E-state index in [1.807, 2.05) is 0 Å². The van der Waals surface area contributed by atoms with Crippen molar-refractivity contribution in [2.45, 2.75) is 64.4 Å². The maximum absolute atomic E-state index is 13.5. The first-order valence-corrected chi connectivity index (χ1v) is 9.59. The molecular formula is C15H24F4O8S. The van der Waals surface area contributed by atoms with Crippen molar-refractivity contribution in [3.05, 3.63) is 0 Å². The van der Waals surface area contributed by atoms with Gasteiger partial charge in [-0.15, -0.1) is 0 Å². The van der Waals surface area contributed by atoms with Gasteiger partial charge in [0.05, 0.1) is 18.6 Å². The second kappa shape index (κ2) is 8.91. The molecule has 0 rings (SSSR count). The predicted octanol–water partition coefficient (Wildman–Crippen LogP) is 2.77. The highest BCUT2D eigenvalue weighted by atomic mass is 32.2. The van der Waals surface area contributed by atoms with Crippen molar-refractivity contribution in [3.63, 3.8) is 0 Å². The summed E-state index contributed by atoms with van der Waals surface area (Å²) in [6.07, 6.45) is -1.63. The molecule has 0 radical (unpaired) electrons. The second-order valence-electron chi connectivity index (χ2n) is 6.59. The number of esters is 2. The molecule has 0 saturated carbocycles. The molecule has 0 saturated heterocycles. The topological polar surface area (TPSA) is 116 Å². The SMILES string of the molecule is CCOC(=O)C(C)(OCCC(F)(F)C(F)(F)S(=O)(=O)O)OC(=O)C(C)(C)CC. The van der Waals surface area contributed by atoms with Gasteiger partial charge in [-0.05, 0) is 27.2 Å². The molecule has 0 aliphatic heterocycles. The number of carbonyl (C=O) groups excluding carboxylic acids is 2. The maximum Gasteiger partial charge on any atom is 0.431 e. The van der Waals surface area contributed by atoms with Crippen LogP contribution in [0.25, 0.3) is 0 Å². The summed E-state index contributed by atoms with van der Waals surface area (Å²) in [6.45, 7) is 5.34. The molecule has 28 heavy (non-hydrogen) atoms. The van der Waals surface area contributed by atoms with E-state index in [-0.39, 0.29) is 13.0 Å². The van der Waals surface area contributed by atoms with Gasteiger partial charge in [0.25, 0.3) is 0 Å². The fourth-order valence-electron chi connectivity index (χ4n) is 1.56. The average molecular weight is 440 g/mol. The van der Waals surface area contributed by atoms with Crippen LogP contribution < -0.4 is 0 Å². The van der Waals surface area contributed by atoms with E-state index in [0.717, 1.165) is 6.92 Å². The quantitative estimate of drug-likeness (QED) is 0.226. The van der Waals surface area contributed by atoms with Crippen molar-refractivity contribution in [1.29, 1.82) is 0 Å². The van der Waals surface area contributed by atoms with Gasteiger partial charge in [0, 0.05) is 13.3 Å². The van der Waals surface area contributed by atoms with Crippen molar-refractivity contribution in [2.24, 2.45) is 5.41 Å². The Morgan fingerprint density at radius 3 is 1.89 bits per heavy atom. The Kier molecular flexibility index (Phi) is 8.44. The Morgan fingerprint density at radius 1 is 1.00 bits per heavy atom. The standard InChI is InChI=1S/C15H24F4O8S/c1-6-12(3,4)10(20)27-13(5,11(21)25-7-2)26-9-8-14(16,17)15(18,19)28(22,23)24/h6-9H2,1-5H3,(H,22,23,24). The minimum atomic E-state index is -6.41. The molecule has 166 valence electrons. The molecule has 8 nitrogen and oxygen atoms in total. The highest BCUT2D eigenvalue weighted by molar-refractivity contribution is 7.87. The van der Waals surface area contributed by atoms with Crippen molar-refractivity contribution in [1.82, 2.24) is 0 Å². The summed E-state index contributed by atoms with van der Waals surface area (Å²) >= 11 is 0. The summed E-state index contributed by atoms with van der Waals surface area (Å²) in [6, 6.07) is 0. The Morgan fingerprint density at radius 2 is 1.50 bits per heavy atom. The number of rotatable bonds is 11. The highest BCUT2D eigenvalue weighted by Gasteiger charge is 2.65. The lowest BCUT2D eigenvalue weighted by Gasteiger charge is -2.32. The zero-order chi connectivity index (χ0) is 22.6. The minimum absolute atomic E-state index is 0.191. The molecule has 0 heterocycles. The average Bonchev–Trinajstić information content (AvgIpc) is 2.53. The molecule has 0 aromatic heterocycles. The molecule has 0 fully saturated rings. The van der Waals surface area contributed by atoms with Crippen molar-refractivity contribution < 1.29 is 54.3 Å². The third kappa shape index (κ3) is 6.01. The van der Waals surface area contributed by atoms with Gasteiger partial charge in [-0.1, -0.05) is 6.92 Å². The van der Waals surface area contributed by atoms with Crippen LogP contribution in [0.15, 0.2) is 0 Å². The van der Waals surface area contributed by atoms with Crippen molar-refractivity contribution in [3.8, 4) is 0 Å². The van der Waals surface area contributed by atoms with Gasteiger partial charge in [0.2, 0.25) is 0 Å². The molecule has 0 aliphatic rings. The molecule has 0 bridgehead atoms. The fraction of sp³-hybridized carbons (Fsp3) is 0.867. The summed E-state index contributed by atoms with van der Waals surface area (Å²) < 4.78 is 97.1. The van der Waals surface area contributed by atoms with Gasteiger partial charge in [-0.2, -0.15) is 26.0 Å². The fourth-order valence-corrected chi connectivity index (χ4v) is 2.04. The summed E-state index contributed by atoms with van der Waals surface area (Å²) in [7, 11) is -6.41. The lowest BCUT2D eigenvalue weighted by Crippen LogP contribution is -2.50. The highest BCUT2D eigenvalue weighted by Crippen LogP contribution is 2.41. The van der Waals surface area contributed by atoms with Crippen molar-refractivity contribution in [2.75, 3.05) is 13.2 Å². The number of halogens is 4. The molecule has 0 aliphatic carbocycles. The molecule has 0 spiro atoms. The summed E-state index contributed by atoms with van der Waals surface area (Å²) in [5.41, 5.74) is -1.08. The van der Waals surface area contributed by atoms with Gasteiger partial charge in [0.1, 0.15) is 0 Å². The van der Waals surface area contributed by atoms with Crippen LogP contribution in [0, 0.1) is 5.41 Å². The lowest BCUT2D eigenvalue weighted by molar-refractivity contribution is -0.249. The van der Waals surface area contributed by atoms with Crippen molar-refractivity contribution >= 4 is 22.1 Å². The Bertz CT molecular complexity index is 678. The van der Waals surface area contributed by atoms with E-state index in [9.17, 15) is 35.6 Å². The number of ether oxygens (including phenoxy) is 3. The number of carbonyl (C=O) groups is 2. The second-order valence-corrected chi connectivity index (χ2v) is 8.05. The first-order valence-electron chi connectivity index (χ1n) is 8.15. The summed E-state index contributed by atoms with van der Waals surface area (Å²) in [4.78, 5) is 24.2. The third-order valence-electron chi connectivity index (χ3n) is 3.91. The zero-order valence-corrected chi connectivity index (χ0v) is 16.9. The van der Waals surface area contributed by atoms with Crippen LogP contribution in [0.5, 0.6) is 0 Å². The zero-order valence-electron chi connectivity index (χ0n) is 16.1. The van der Waals surface area contributed by atoms with E-state index in [1.165, 1.54) is 20.8 Å². The molecule has 1 atom stereocenters. The van der Waals surface area contributed by atoms with E-state index in [2.05, 4.69) is 4.74 Å². The van der Waals surface area contributed by atoms with E-state index in [1.54, 1.807) is 6.92 Å². The summed E-state index contributed by atoms with van der Waals surface area (Å²) in [5.74, 6) is -9.99. The van der Waals surface area contributed by atoms with E-state index in [0.29, 0.717) is 0 Å². The number of alkyl halides is 4. The van der Waals surface area contributed by atoms with Crippen LogP contribution in [0.2, 0.25) is 0 Å². The number of hydrogen-bond donors (Lipinski definition) is 1. The van der Waals surface area contributed by atoms with E-state index >= 15 is 0 Å². The maximum atomic E-state index is 13.5. The third-order valence-corrected chi connectivity index (χ3v) is 4.86. The van der Waals surface area contributed by atoms with Crippen LogP contribution in [-0.4, -0.2) is 55.1 Å². The molecule has 0 aromatic carbocycles. The van der Waals surface area contributed by atoms with Gasteiger partial charge >= 0.3 is 39.0 Å². The van der Waals surface area contributed by atoms with E-state index in [4.69, 9.17) is 14.0 Å². The summed E-state index contributed by atoms with van der Waals surface area (Å²) in [5, 5.41) is -5.79. The molecule has 0 amide bonds. The van der Waals surface area contributed by atoms with Crippen LogP contribution in [-0.2, 0) is 33.9 Å². The predicted molar refractivity (Wildman–Crippen MR) is 87.2 cm³/mol. The first kappa shape index (κ1) is 26.5. The van der Waals surface area contributed by atoms with Gasteiger partial charge in [-0.25, -0.2) is 4.79 Å². The van der Waals surface area contributed by atoms with E-state index < -0.39 is 57.5 Å². The van der Waals surface area contributed by atoms with Crippen LogP contribution >= 0.6 is 0 Å². The largest absolute Gasteiger partial charge is 0.461 e. The smallest absolute Gasteiger partial charge is 0.431 e. The van der Waals surface area contributed by atoms with Gasteiger partial charge < -0.3 is 14.2 Å². The van der Waals surface area contributed by atoms with Crippen LogP contribution in [0.3, 0.4) is 0 Å². The molecule has 1 N–H and O–H groups in total. The monoisotopic (exact) mass is 440 g/mol.